The Morgan fingerprint density at radius 1 is 1.20 bits per heavy atom. The second kappa shape index (κ2) is 4.92. The van der Waals surface area contributed by atoms with Crippen LogP contribution in [0.3, 0.4) is 0 Å². The molecule has 0 aromatic heterocycles. The van der Waals surface area contributed by atoms with Crippen LogP contribution < -0.4 is 0 Å². The van der Waals surface area contributed by atoms with Crippen molar-refractivity contribution in [3.63, 3.8) is 0 Å². The summed E-state index contributed by atoms with van der Waals surface area (Å²) in [6.45, 7) is 7.29. The minimum atomic E-state index is 0.743. The van der Waals surface area contributed by atoms with E-state index in [9.17, 15) is 0 Å². The number of nitrogens with zero attached hydrogens (tertiary/aromatic N) is 2. The molecule has 3 fully saturated rings. The molecule has 20 heavy (non-hydrogen) atoms. The molecule has 4 aliphatic heterocycles. The maximum absolute atomic E-state index is 2.65. The first-order chi connectivity index (χ1) is 9.85. The van der Waals surface area contributed by atoms with Crippen LogP contribution in [0, 0.1) is 5.92 Å². The summed E-state index contributed by atoms with van der Waals surface area (Å²) in [5.74, 6) is 0.917. The van der Waals surface area contributed by atoms with E-state index >= 15 is 0 Å². The zero-order chi connectivity index (χ0) is 13.5. The van der Waals surface area contributed by atoms with Crippen molar-refractivity contribution in [3.05, 3.63) is 41.1 Å². The van der Waals surface area contributed by atoms with Gasteiger partial charge in [0.15, 0.2) is 0 Å². The molecule has 2 bridgehead atoms. The minimum Gasteiger partial charge on any atom is -0.369 e. The summed E-state index contributed by atoms with van der Waals surface area (Å²) in [5, 5.41) is 0. The molecule has 0 saturated carbocycles. The van der Waals surface area contributed by atoms with Crippen molar-refractivity contribution in [2.75, 3.05) is 19.6 Å². The molecule has 1 aromatic carbocycles. The second-order valence-corrected chi connectivity index (χ2v) is 6.54. The molecule has 3 saturated heterocycles. The van der Waals surface area contributed by atoms with Crippen LogP contribution in [0.25, 0.3) is 6.08 Å². The van der Waals surface area contributed by atoms with Crippen LogP contribution in [0.2, 0.25) is 0 Å². The summed E-state index contributed by atoms with van der Waals surface area (Å²) in [4.78, 5) is 5.26. The van der Waals surface area contributed by atoms with E-state index in [0.717, 1.165) is 24.9 Å². The van der Waals surface area contributed by atoms with Gasteiger partial charge in [-0.25, -0.2) is 0 Å². The number of benzene rings is 1. The van der Waals surface area contributed by atoms with Gasteiger partial charge in [-0.1, -0.05) is 25.1 Å². The molecular weight excluding hydrogens is 244 g/mol. The highest BCUT2D eigenvalue weighted by molar-refractivity contribution is 5.59. The highest BCUT2D eigenvalue weighted by Gasteiger charge is 2.37. The van der Waals surface area contributed by atoms with E-state index in [1.807, 2.05) is 0 Å². The third kappa shape index (κ3) is 1.98. The van der Waals surface area contributed by atoms with Gasteiger partial charge in [0.1, 0.15) is 0 Å². The van der Waals surface area contributed by atoms with Crippen LogP contribution in [-0.2, 0) is 13.0 Å². The minimum absolute atomic E-state index is 0.743. The average Bonchev–Trinajstić information content (AvgIpc) is 2.54. The molecular formula is C18H24N2. The Bertz CT molecular complexity index is 526. The van der Waals surface area contributed by atoms with Crippen LogP contribution in [-0.4, -0.2) is 35.5 Å². The van der Waals surface area contributed by atoms with Gasteiger partial charge in [-0.15, -0.1) is 0 Å². The first-order valence-electron chi connectivity index (χ1n) is 8.12. The van der Waals surface area contributed by atoms with Crippen molar-refractivity contribution in [1.82, 2.24) is 9.80 Å². The van der Waals surface area contributed by atoms with Crippen molar-refractivity contribution in [1.29, 1.82) is 0 Å². The standard InChI is InChI=1S/C18H24N2/c1-2-14-4-3-5-16-12-20(11-8-17(14)16)18-13-19-9-6-15(18)7-10-19/h3-5,8,11,15,18H,2,6-7,9-10,12-13H2,1H3. The third-order valence-electron chi connectivity index (χ3n) is 5.50. The normalized spacial score (nSPS) is 31.4. The summed E-state index contributed by atoms with van der Waals surface area (Å²) < 4.78 is 0. The van der Waals surface area contributed by atoms with Crippen LogP contribution in [0.5, 0.6) is 0 Å². The predicted octanol–water partition coefficient (Wildman–Crippen LogP) is 3.13. The molecule has 0 radical (unpaired) electrons. The Kier molecular flexibility index (Phi) is 3.07. The maximum atomic E-state index is 2.65. The highest BCUT2D eigenvalue weighted by atomic mass is 15.2. The molecule has 1 unspecified atom stereocenters. The van der Waals surface area contributed by atoms with Gasteiger partial charge < -0.3 is 9.80 Å². The maximum Gasteiger partial charge on any atom is 0.0444 e. The Balaban J connectivity index is 1.59. The largest absolute Gasteiger partial charge is 0.369 e. The van der Waals surface area contributed by atoms with Crippen LogP contribution in [0.15, 0.2) is 24.4 Å². The van der Waals surface area contributed by atoms with E-state index in [1.165, 1.54) is 49.2 Å². The zero-order valence-corrected chi connectivity index (χ0v) is 12.4. The highest BCUT2D eigenvalue weighted by Crippen LogP contribution is 2.34. The summed E-state index contributed by atoms with van der Waals surface area (Å²) >= 11 is 0. The molecule has 4 heterocycles. The van der Waals surface area contributed by atoms with Gasteiger partial charge in [-0.2, -0.15) is 0 Å². The SMILES string of the molecule is CCc1cccc2c1C=CN(C1CN3CCC1CC3)C2. The second-order valence-electron chi connectivity index (χ2n) is 6.54. The number of piperidine rings is 3. The first kappa shape index (κ1) is 12.5. The fourth-order valence-electron chi connectivity index (χ4n) is 4.28. The van der Waals surface area contributed by atoms with Gasteiger partial charge in [0.05, 0.1) is 0 Å². The summed E-state index contributed by atoms with van der Waals surface area (Å²) in [6.07, 6.45) is 8.66. The van der Waals surface area contributed by atoms with Gasteiger partial charge in [0.25, 0.3) is 0 Å². The number of hydrogen-bond acceptors (Lipinski definition) is 2. The smallest absolute Gasteiger partial charge is 0.0444 e. The summed E-state index contributed by atoms with van der Waals surface area (Å²) in [6, 6.07) is 7.55. The molecule has 0 aliphatic carbocycles. The van der Waals surface area contributed by atoms with Gasteiger partial charge in [-0.05, 0) is 61.0 Å². The Hall–Kier alpha value is -1.28. The topological polar surface area (TPSA) is 6.48 Å². The molecule has 4 aliphatic rings. The Morgan fingerprint density at radius 3 is 2.75 bits per heavy atom. The molecule has 1 atom stereocenters. The molecule has 0 N–H and O–H groups in total. The molecule has 2 heteroatoms. The molecule has 0 amide bonds. The molecule has 1 aromatic rings. The lowest BCUT2D eigenvalue weighted by molar-refractivity contribution is 0.0225. The average molecular weight is 268 g/mol. The lowest BCUT2D eigenvalue weighted by atomic mass is 9.82. The van der Waals surface area contributed by atoms with E-state index in [2.05, 4.69) is 47.2 Å². The summed E-state index contributed by atoms with van der Waals surface area (Å²) in [5.41, 5.74) is 4.49. The third-order valence-corrected chi connectivity index (χ3v) is 5.50. The Morgan fingerprint density at radius 2 is 2.05 bits per heavy atom. The predicted molar refractivity (Wildman–Crippen MR) is 83.3 cm³/mol. The van der Waals surface area contributed by atoms with Gasteiger partial charge >= 0.3 is 0 Å². The fourth-order valence-corrected chi connectivity index (χ4v) is 4.28. The molecule has 5 rings (SSSR count). The first-order valence-corrected chi connectivity index (χ1v) is 8.12. The van der Waals surface area contributed by atoms with Crippen molar-refractivity contribution < 1.29 is 0 Å². The quantitative estimate of drug-likeness (QED) is 0.813. The monoisotopic (exact) mass is 268 g/mol. The van der Waals surface area contributed by atoms with Crippen molar-refractivity contribution in [2.45, 2.75) is 38.8 Å². The Labute approximate surface area is 122 Å². The van der Waals surface area contributed by atoms with E-state index in [0.29, 0.717) is 0 Å². The van der Waals surface area contributed by atoms with Crippen molar-refractivity contribution in [3.8, 4) is 0 Å². The van der Waals surface area contributed by atoms with Crippen LogP contribution in [0.1, 0.15) is 36.5 Å². The van der Waals surface area contributed by atoms with E-state index in [4.69, 9.17) is 0 Å². The lowest BCUT2D eigenvalue weighted by Crippen LogP contribution is -2.56. The number of rotatable bonds is 2. The van der Waals surface area contributed by atoms with E-state index < -0.39 is 0 Å². The van der Waals surface area contributed by atoms with Crippen molar-refractivity contribution in [2.24, 2.45) is 5.92 Å². The van der Waals surface area contributed by atoms with Crippen LogP contribution >= 0.6 is 0 Å². The van der Waals surface area contributed by atoms with Crippen LogP contribution in [0.4, 0.5) is 0 Å². The van der Waals surface area contributed by atoms with Gasteiger partial charge in [0, 0.05) is 25.3 Å². The van der Waals surface area contributed by atoms with Crippen molar-refractivity contribution >= 4 is 6.08 Å². The molecule has 106 valence electrons. The molecule has 0 spiro atoms. The zero-order valence-electron chi connectivity index (χ0n) is 12.4. The number of aryl methyl sites for hydroxylation is 1. The summed E-state index contributed by atoms with van der Waals surface area (Å²) in [7, 11) is 0. The number of hydrogen-bond donors (Lipinski definition) is 0. The fraction of sp³-hybridized carbons (Fsp3) is 0.556. The van der Waals surface area contributed by atoms with Gasteiger partial charge in [-0.3, -0.25) is 0 Å². The lowest BCUT2D eigenvalue weighted by Gasteiger charge is -2.49. The van der Waals surface area contributed by atoms with E-state index in [1.54, 1.807) is 0 Å². The number of fused-ring (bicyclic) bond motifs is 4. The van der Waals surface area contributed by atoms with Gasteiger partial charge in [0.2, 0.25) is 0 Å². The molecule has 2 nitrogen and oxygen atoms in total. The van der Waals surface area contributed by atoms with E-state index in [-0.39, 0.29) is 0 Å².